The highest BCUT2D eigenvalue weighted by Crippen LogP contribution is 2.32. The first-order valence-electron chi connectivity index (χ1n) is 9.48. The van der Waals surface area contributed by atoms with Crippen molar-refractivity contribution in [3.05, 3.63) is 71.5 Å². The number of halogens is 1. The minimum absolute atomic E-state index is 0.0660. The maximum atomic E-state index is 13.1. The number of hydrogen-bond donors (Lipinski definition) is 1. The first-order valence-corrected chi connectivity index (χ1v) is 9.48. The molecule has 1 amide bonds. The van der Waals surface area contributed by atoms with Crippen LogP contribution < -0.4 is 5.73 Å². The minimum atomic E-state index is -0.267. The zero-order chi connectivity index (χ0) is 19.4. The van der Waals surface area contributed by atoms with Crippen LogP contribution in [0.15, 0.2) is 54.6 Å². The van der Waals surface area contributed by atoms with E-state index in [1.165, 1.54) is 17.7 Å². The molecule has 2 aromatic rings. The van der Waals surface area contributed by atoms with Gasteiger partial charge in [-0.1, -0.05) is 42.5 Å². The van der Waals surface area contributed by atoms with Gasteiger partial charge in [0.15, 0.2) is 0 Å². The Morgan fingerprint density at radius 2 is 1.85 bits per heavy atom. The zero-order valence-electron chi connectivity index (χ0n) is 16.0. The third-order valence-corrected chi connectivity index (χ3v) is 5.73. The van der Waals surface area contributed by atoms with Crippen molar-refractivity contribution in [3.8, 4) is 0 Å². The van der Waals surface area contributed by atoms with Gasteiger partial charge in [-0.05, 0) is 42.6 Å². The number of likely N-dealkylation sites (tertiary alicyclic amines) is 1. The van der Waals surface area contributed by atoms with E-state index in [0.717, 1.165) is 18.7 Å². The average Bonchev–Trinajstić information content (AvgIpc) is 3.11. The average molecular weight is 369 g/mol. The van der Waals surface area contributed by atoms with Gasteiger partial charge in [0.2, 0.25) is 5.91 Å². The highest BCUT2D eigenvalue weighted by atomic mass is 19.1. The first kappa shape index (κ1) is 19.5. The van der Waals surface area contributed by atoms with Gasteiger partial charge in [0.05, 0.1) is 12.6 Å². The monoisotopic (exact) mass is 369 g/mol. The summed E-state index contributed by atoms with van der Waals surface area (Å²) < 4.78 is 13.1. The van der Waals surface area contributed by atoms with E-state index in [-0.39, 0.29) is 17.8 Å². The van der Waals surface area contributed by atoms with Gasteiger partial charge in [0.1, 0.15) is 5.82 Å². The van der Waals surface area contributed by atoms with Crippen LogP contribution in [0.2, 0.25) is 0 Å². The molecule has 1 saturated heterocycles. The molecule has 27 heavy (non-hydrogen) atoms. The summed E-state index contributed by atoms with van der Waals surface area (Å²) in [6, 6.07) is 16.6. The predicted octanol–water partition coefficient (Wildman–Crippen LogP) is 3.02. The molecule has 2 aromatic carbocycles. The van der Waals surface area contributed by atoms with E-state index >= 15 is 0 Å². The van der Waals surface area contributed by atoms with E-state index in [9.17, 15) is 9.18 Å². The summed E-state index contributed by atoms with van der Waals surface area (Å²) in [5.41, 5.74) is 8.21. The second-order valence-electron chi connectivity index (χ2n) is 7.44. The quantitative estimate of drug-likeness (QED) is 0.852. The summed E-state index contributed by atoms with van der Waals surface area (Å²) in [4.78, 5) is 16.7. The molecule has 1 heterocycles. The van der Waals surface area contributed by atoms with E-state index in [1.807, 2.05) is 20.0 Å². The zero-order valence-corrected chi connectivity index (χ0v) is 16.0. The van der Waals surface area contributed by atoms with Gasteiger partial charge >= 0.3 is 0 Å². The number of amides is 1. The number of nitrogens with zero attached hydrogens (tertiary/aromatic N) is 2. The van der Waals surface area contributed by atoms with Crippen molar-refractivity contribution >= 4 is 5.91 Å². The highest BCUT2D eigenvalue weighted by Gasteiger charge is 2.34. The second-order valence-corrected chi connectivity index (χ2v) is 7.44. The van der Waals surface area contributed by atoms with Crippen LogP contribution in [0.5, 0.6) is 0 Å². The van der Waals surface area contributed by atoms with E-state index in [1.54, 1.807) is 17.0 Å². The van der Waals surface area contributed by atoms with E-state index in [2.05, 4.69) is 29.2 Å². The Balaban J connectivity index is 1.62. The summed E-state index contributed by atoms with van der Waals surface area (Å²) >= 11 is 0. The molecule has 3 atom stereocenters. The molecule has 1 fully saturated rings. The Kier molecular flexibility index (Phi) is 6.24. The van der Waals surface area contributed by atoms with Crippen molar-refractivity contribution < 1.29 is 9.18 Å². The maximum absolute atomic E-state index is 13.1. The highest BCUT2D eigenvalue weighted by molar-refractivity contribution is 5.78. The SMILES string of the molecule is CC(c1ccc(F)cc1)N(C)C(=O)CN1C[C@@H](CN)[C@H](c2ccccc2)C1. The van der Waals surface area contributed by atoms with Crippen LogP contribution in [0.1, 0.15) is 30.0 Å². The molecule has 0 bridgehead atoms. The number of rotatable bonds is 6. The van der Waals surface area contributed by atoms with Gasteiger partial charge < -0.3 is 10.6 Å². The van der Waals surface area contributed by atoms with Gasteiger partial charge in [-0.25, -0.2) is 4.39 Å². The number of carbonyl (C=O) groups is 1. The third kappa shape index (κ3) is 4.54. The van der Waals surface area contributed by atoms with E-state index in [0.29, 0.717) is 24.9 Å². The molecule has 3 rings (SSSR count). The first-order chi connectivity index (χ1) is 13.0. The summed E-state index contributed by atoms with van der Waals surface area (Å²) in [6.07, 6.45) is 0. The Morgan fingerprint density at radius 1 is 1.19 bits per heavy atom. The molecule has 2 N–H and O–H groups in total. The molecule has 0 radical (unpaired) electrons. The minimum Gasteiger partial charge on any atom is -0.338 e. The molecule has 0 saturated carbocycles. The number of benzene rings is 2. The molecule has 1 unspecified atom stereocenters. The molecule has 1 aliphatic rings. The van der Waals surface area contributed by atoms with Crippen molar-refractivity contribution in [1.29, 1.82) is 0 Å². The summed E-state index contributed by atoms with van der Waals surface area (Å²) in [7, 11) is 1.81. The molecule has 0 aliphatic carbocycles. The lowest BCUT2D eigenvalue weighted by Gasteiger charge is -2.27. The summed E-state index contributed by atoms with van der Waals surface area (Å²) in [5.74, 6) is 0.525. The van der Waals surface area contributed by atoms with E-state index < -0.39 is 0 Å². The fourth-order valence-corrected chi connectivity index (χ4v) is 3.89. The van der Waals surface area contributed by atoms with Crippen molar-refractivity contribution in [1.82, 2.24) is 9.80 Å². The van der Waals surface area contributed by atoms with Gasteiger partial charge in [0, 0.05) is 26.1 Å². The maximum Gasteiger partial charge on any atom is 0.236 e. The second kappa shape index (κ2) is 8.63. The Bertz CT molecular complexity index is 750. The Hall–Kier alpha value is -2.24. The van der Waals surface area contributed by atoms with Crippen LogP contribution in [0.25, 0.3) is 0 Å². The van der Waals surface area contributed by atoms with Crippen molar-refractivity contribution in [2.75, 3.05) is 33.2 Å². The lowest BCUT2D eigenvalue weighted by atomic mass is 9.89. The predicted molar refractivity (Wildman–Crippen MR) is 106 cm³/mol. The van der Waals surface area contributed by atoms with Crippen LogP contribution in [-0.2, 0) is 4.79 Å². The van der Waals surface area contributed by atoms with Crippen molar-refractivity contribution in [2.24, 2.45) is 11.7 Å². The molecular formula is C22H28FN3O. The van der Waals surface area contributed by atoms with Gasteiger partial charge in [0.25, 0.3) is 0 Å². The number of carbonyl (C=O) groups excluding carboxylic acids is 1. The Morgan fingerprint density at radius 3 is 2.48 bits per heavy atom. The number of nitrogens with two attached hydrogens (primary N) is 1. The lowest BCUT2D eigenvalue weighted by Crippen LogP contribution is -2.39. The van der Waals surface area contributed by atoms with Crippen molar-refractivity contribution in [3.63, 3.8) is 0 Å². The van der Waals surface area contributed by atoms with Crippen molar-refractivity contribution in [2.45, 2.75) is 18.9 Å². The van der Waals surface area contributed by atoms with Gasteiger partial charge in [-0.15, -0.1) is 0 Å². The fourth-order valence-electron chi connectivity index (χ4n) is 3.89. The lowest BCUT2D eigenvalue weighted by molar-refractivity contribution is -0.132. The normalized spacial score (nSPS) is 21.2. The van der Waals surface area contributed by atoms with Gasteiger partial charge in [-0.2, -0.15) is 0 Å². The van der Waals surface area contributed by atoms with Gasteiger partial charge in [-0.3, -0.25) is 9.69 Å². The van der Waals surface area contributed by atoms with Crippen LogP contribution in [0.4, 0.5) is 4.39 Å². The molecule has 0 spiro atoms. The number of hydrogen-bond acceptors (Lipinski definition) is 3. The topological polar surface area (TPSA) is 49.6 Å². The Labute approximate surface area is 160 Å². The molecule has 5 heteroatoms. The van der Waals surface area contributed by atoms with Crippen LogP contribution in [-0.4, -0.2) is 48.9 Å². The van der Waals surface area contributed by atoms with Crippen LogP contribution in [0.3, 0.4) is 0 Å². The van der Waals surface area contributed by atoms with Crippen LogP contribution >= 0.6 is 0 Å². The molecular weight excluding hydrogens is 341 g/mol. The fraction of sp³-hybridized carbons (Fsp3) is 0.409. The largest absolute Gasteiger partial charge is 0.338 e. The molecule has 144 valence electrons. The smallest absolute Gasteiger partial charge is 0.236 e. The summed E-state index contributed by atoms with van der Waals surface area (Å²) in [6.45, 7) is 4.63. The standard InChI is InChI=1S/C22H28FN3O/c1-16(17-8-10-20(23)11-9-17)25(2)22(27)15-26-13-19(12-24)21(14-26)18-6-4-3-5-7-18/h3-11,16,19,21H,12-15,24H2,1-2H3/t16?,19-,21+/m1/s1. The third-order valence-electron chi connectivity index (χ3n) is 5.73. The molecule has 4 nitrogen and oxygen atoms in total. The van der Waals surface area contributed by atoms with E-state index in [4.69, 9.17) is 5.73 Å². The molecule has 1 aliphatic heterocycles. The number of likely N-dealkylation sites (N-methyl/N-ethyl adjacent to an activating group) is 1. The van der Waals surface area contributed by atoms with Crippen LogP contribution in [0, 0.1) is 11.7 Å². The summed E-state index contributed by atoms with van der Waals surface area (Å²) in [5, 5.41) is 0. The molecule has 0 aromatic heterocycles.